The van der Waals surface area contributed by atoms with Crippen molar-refractivity contribution in [2.24, 2.45) is 0 Å². The van der Waals surface area contributed by atoms with Gasteiger partial charge in [0.15, 0.2) is 0 Å². The van der Waals surface area contributed by atoms with Gasteiger partial charge in [0, 0.05) is 13.1 Å². The van der Waals surface area contributed by atoms with Crippen molar-refractivity contribution < 1.29 is 18.0 Å². The van der Waals surface area contributed by atoms with Crippen molar-refractivity contribution in [1.82, 2.24) is 4.90 Å². The van der Waals surface area contributed by atoms with Crippen LogP contribution in [-0.2, 0) is 11.2 Å². The third-order valence-electron chi connectivity index (χ3n) is 3.22. The lowest BCUT2D eigenvalue weighted by atomic mass is 9.95. The van der Waals surface area contributed by atoms with E-state index in [1.807, 2.05) is 12.1 Å². The Kier molecular flexibility index (Phi) is 3.52. The first-order chi connectivity index (χ1) is 8.93. The maximum atomic E-state index is 12.5. The molecule has 2 nitrogen and oxygen atoms in total. The smallest absolute Gasteiger partial charge is 0.333 e. The van der Waals surface area contributed by atoms with E-state index < -0.39 is 18.0 Å². The van der Waals surface area contributed by atoms with E-state index in [4.69, 9.17) is 6.42 Å². The summed E-state index contributed by atoms with van der Waals surface area (Å²) in [6.45, 7) is -0.0562. The first kappa shape index (κ1) is 13.5. The van der Waals surface area contributed by atoms with Gasteiger partial charge in [-0.2, -0.15) is 13.2 Å². The van der Waals surface area contributed by atoms with Gasteiger partial charge in [0.25, 0.3) is 0 Å². The highest BCUT2D eigenvalue weighted by Gasteiger charge is 2.43. The lowest BCUT2D eigenvalue weighted by Crippen LogP contribution is -2.43. The highest BCUT2D eigenvalue weighted by molar-refractivity contribution is 5.82. The molecule has 1 unspecified atom stereocenters. The average Bonchev–Trinajstić information content (AvgIpc) is 2.56. The van der Waals surface area contributed by atoms with Gasteiger partial charge in [-0.1, -0.05) is 30.2 Å². The summed E-state index contributed by atoms with van der Waals surface area (Å²) in [6.07, 6.45) is 0.923. The fourth-order valence-electron chi connectivity index (χ4n) is 2.27. The summed E-state index contributed by atoms with van der Waals surface area (Å²) < 4.78 is 37.5. The second-order valence-corrected chi connectivity index (χ2v) is 4.42. The average molecular weight is 267 g/mol. The van der Waals surface area contributed by atoms with Gasteiger partial charge in [-0.25, -0.2) is 0 Å². The Morgan fingerprint density at radius 3 is 2.68 bits per heavy atom. The molecule has 1 heterocycles. The molecule has 1 aliphatic rings. The second-order valence-electron chi connectivity index (χ2n) is 4.42. The molecule has 1 aliphatic heterocycles. The zero-order valence-electron chi connectivity index (χ0n) is 10.1. The molecule has 19 heavy (non-hydrogen) atoms. The quantitative estimate of drug-likeness (QED) is 0.661. The maximum absolute atomic E-state index is 12.5. The molecule has 5 heteroatoms. The number of hydrogen-bond donors (Lipinski definition) is 0. The summed E-state index contributed by atoms with van der Waals surface area (Å²) in [4.78, 5) is 12.1. The van der Waals surface area contributed by atoms with Crippen molar-refractivity contribution >= 4 is 5.91 Å². The SMILES string of the molecule is C#CC1CN(C(=O)C(F)(F)F)CCc2ccccc21. The van der Waals surface area contributed by atoms with Gasteiger partial charge in [-0.3, -0.25) is 4.79 Å². The number of fused-ring (bicyclic) bond motifs is 1. The van der Waals surface area contributed by atoms with Crippen LogP contribution in [-0.4, -0.2) is 30.1 Å². The summed E-state index contributed by atoms with van der Waals surface area (Å²) in [7, 11) is 0. The normalized spacial score (nSPS) is 19.3. The molecule has 1 aromatic rings. The monoisotopic (exact) mass is 267 g/mol. The van der Waals surface area contributed by atoms with Crippen LogP contribution in [0.1, 0.15) is 17.0 Å². The zero-order chi connectivity index (χ0) is 14.0. The molecule has 0 bridgehead atoms. The van der Waals surface area contributed by atoms with E-state index in [0.717, 1.165) is 16.0 Å². The summed E-state index contributed by atoms with van der Waals surface area (Å²) >= 11 is 0. The largest absolute Gasteiger partial charge is 0.471 e. The molecule has 2 rings (SSSR count). The van der Waals surface area contributed by atoms with Crippen LogP contribution >= 0.6 is 0 Å². The number of benzene rings is 1. The maximum Gasteiger partial charge on any atom is 0.471 e. The Labute approximate surface area is 109 Å². The molecule has 0 N–H and O–H groups in total. The standard InChI is InChI=1S/C14H12F3NO/c1-2-10-9-18(13(19)14(15,16)17)8-7-11-5-3-4-6-12(10)11/h1,3-6,10H,7-9H2. The van der Waals surface area contributed by atoms with Crippen molar-refractivity contribution in [2.45, 2.75) is 18.5 Å². The van der Waals surface area contributed by atoms with Crippen molar-refractivity contribution in [2.75, 3.05) is 13.1 Å². The molecule has 0 saturated heterocycles. The number of nitrogens with zero attached hydrogens (tertiary/aromatic N) is 1. The number of alkyl halides is 3. The van der Waals surface area contributed by atoms with Crippen LogP contribution in [0.25, 0.3) is 0 Å². The molecule has 1 aromatic carbocycles. The molecule has 0 radical (unpaired) electrons. The third-order valence-corrected chi connectivity index (χ3v) is 3.22. The molecule has 0 aromatic heterocycles. The highest BCUT2D eigenvalue weighted by Crippen LogP contribution is 2.27. The number of amides is 1. The molecule has 100 valence electrons. The van der Waals surface area contributed by atoms with Crippen molar-refractivity contribution in [1.29, 1.82) is 0 Å². The molecule has 1 atom stereocenters. The van der Waals surface area contributed by atoms with Crippen LogP contribution in [0.2, 0.25) is 0 Å². The van der Waals surface area contributed by atoms with Crippen LogP contribution in [0.15, 0.2) is 24.3 Å². The van der Waals surface area contributed by atoms with E-state index in [1.165, 1.54) is 0 Å². The van der Waals surface area contributed by atoms with E-state index in [2.05, 4.69) is 5.92 Å². The van der Waals surface area contributed by atoms with Gasteiger partial charge >= 0.3 is 12.1 Å². The Hall–Kier alpha value is -1.96. The minimum absolute atomic E-state index is 0.0353. The fourth-order valence-corrected chi connectivity index (χ4v) is 2.27. The topological polar surface area (TPSA) is 20.3 Å². The first-order valence-corrected chi connectivity index (χ1v) is 5.83. The summed E-state index contributed by atoms with van der Waals surface area (Å²) in [5.74, 6) is 0.161. The van der Waals surface area contributed by atoms with Crippen LogP contribution in [0.4, 0.5) is 13.2 Å². The zero-order valence-corrected chi connectivity index (χ0v) is 10.1. The van der Waals surface area contributed by atoms with E-state index in [9.17, 15) is 18.0 Å². The number of halogens is 3. The van der Waals surface area contributed by atoms with Crippen LogP contribution in [0.3, 0.4) is 0 Å². The first-order valence-electron chi connectivity index (χ1n) is 5.83. The number of carbonyl (C=O) groups is 1. The van der Waals surface area contributed by atoms with Crippen LogP contribution in [0.5, 0.6) is 0 Å². The Morgan fingerprint density at radius 2 is 2.05 bits per heavy atom. The highest BCUT2D eigenvalue weighted by atomic mass is 19.4. The minimum Gasteiger partial charge on any atom is -0.333 e. The predicted octanol–water partition coefficient (Wildman–Crippen LogP) is 2.35. The van der Waals surface area contributed by atoms with Gasteiger partial charge in [-0.15, -0.1) is 6.42 Å². The van der Waals surface area contributed by atoms with Crippen molar-refractivity contribution in [3.05, 3.63) is 35.4 Å². The lowest BCUT2D eigenvalue weighted by molar-refractivity contribution is -0.185. The molecule has 0 spiro atoms. The second kappa shape index (κ2) is 4.96. The van der Waals surface area contributed by atoms with Gasteiger partial charge < -0.3 is 4.90 Å². The predicted molar refractivity (Wildman–Crippen MR) is 64.4 cm³/mol. The number of terminal acetylenes is 1. The summed E-state index contributed by atoms with van der Waals surface area (Å²) in [6, 6.07) is 7.25. The Morgan fingerprint density at radius 1 is 1.37 bits per heavy atom. The van der Waals surface area contributed by atoms with Crippen LogP contribution < -0.4 is 0 Å². The van der Waals surface area contributed by atoms with E-state index >= 15 is 0 Å². The summed E-state index contributed by atoms with van der Waals surface area (Å²) in [5, 5.41) is 0. The Bertz CT molecular complexity index is 530. The van der Waals surface area contributed by atoms with E-state index in [-0.39, 0.29) is 13.1 Å². The minimum atomic E-state index is -4.85. The van der Waals surface area contributed by atoms with Crippen molar-refractivity contribution in [3.8, 4) is 12.3 Å². The summed E-state index contributed by atoms with van der Waals surface area (Å²) in [5.41, 5.74) is 1.74. The van der Waals surface area contributed by atoms with Gasteiger partial charge in [-0.05, 0) is 17.5 Å². The number of hydrogen-bond acceptors (Lipinski definition) is 1. The lowest BCUT2D eigenvalue weighted by Gasteiger charge is -2.23. The van der Waals surface area contributed by atoms with Gasteiger partial charge in [0.2, 0.25) is 0 Å². The molecule has 0 aliphatic carbocycles. The van der Waals surface area contributed by atoms with Crippen LogP contribution in [0, 0.1) is 12.3 Å². The number of rotatable bonds is 0. The molecular weight excluding hydrogens is 255 g/mol. The molecule has 0 saturated carbocycles. The van der Waals surface area contributed by atoms with Crippen molar-refractivity contribution in [3.63, 3.8) is 0 Å². The number of carbonyl (C=O) groups excluding carboxylic acids is 1. The third kappa shape index (κ3) is 2.73. The fraction of sp³-hybridized carbons (Fsp3) is 0.357. The van der Waals surface area contributed by atoms with E-state index in [0.29, 0.717) is 6.42 Å². The Balaban J connectivity index is 2.29. The molecular formula is C14H12F3NO. The molecule has 1 amide bonds. The van der Waals surface area contributed by atoms with Gasteiger partial charge in [0.1, 0.15) is 0 Å². The molecule has 0 fully saturated rings. The van der Waals surface area contributed by atoms with Gasteiger partial charge in [0.05, 0.1) is 5.92 Å². The van der Waals surface area contributed by atoms with E-state index in [1.54, 1.807) is 12.1 Å².